The van der Waals surface area contributed by atoms with Crippen molar-refractivity contribution in [1.82, 2.24) is 9.47 Å². The molecule has 0 saturated carbocycles. The summed E-state index contributed by atoms with van der Waals surface area (Å²) in [6, 6.07) is 15.5. The van der Waals surface area contributed by atoms with E-state index < -0.39 is 0 Å². The maximum Gasteiger partial charge on any atom is 0.293 e. The molecule has 4 nitrogen and oxygen atoms in total. The van der Waals surface area contributed by atoms with Crippen molar-refractivity contribution in [3.8, 4) is 5.69 Å². The number of rotatable bonds is 4. The van der Waals surface area contributed by atoms with Crippen LogP contribution in [0.2, 0.25) is 5.02 Å². The molecule has 1 aliphatic heterocycles. The molecular weight excluding hydrogens is 496 g/mol. The molecule has 0 radical (unpaired) electrons. The molecule has 2 amide bonds. The highest BCUT2D eigenvalue weighted by Crippen LogP contribution is 2.35. The van der Waals surface area contributed by atoms with Crippen molar-refractivity contribution >= 4 is 56.5 Å². The van der Waals surface area contributed by atoms with Crippen LogP contribution in [0.4, 0.5) is 4.79 Å². The lowest BCUT2D eigenvalue weighted by molar-refractivity contribution is -0.123. The van der Waals surface area contributed by atoms with Gasteiger partial charge in [-0.15, -0.1) is 0 Å². The quantitative estimate of drug-likeness (QED) is 0.349. The number of aromatic nitrogens is 1. The SMILES string of the molecule is Cc1cc(-n2c(C)cc(/C=C3\SC(=O)N(Cc4ccccc4Cl)C3=O)c2C)ccc1Br. The molecule has 7 heteroatoms. The first kappa shape index (κ1) is 21.9. The smallest absolute Gasteiger partial charge is 0.293 e. The molecule has 4 rings (SSSR count). The van der Waals surface area contributed by atoms with Crippen LogP contribution in [-0.4, -0.2) is 20.6 Å². The van der Waals surface area contributed by atoms with Gasteiger partial charge in [0.05, 0.1) is 11.4 Å². The fourth-order valence-corrected chi connectivity index (χ4v) is 4.94. The minimum atomic E-state index is -0.292. The Labute approximate surface area is 199 Å². The van der Waals surface area contributed by atoms with E-state index in [2.05, 4.69) is 39.6 Å². The summed E-state index contributed by atoms with van der Waals surface area (Å²) in [6.07, 6.45) is 1.81. The maximum atomic E-state index is 13.0. The van der Waals surface area contributed by atoms with E-state index in [0.29, 0.717) is 9.93 Å². The van der Waals surface area contributed by atoms with Crippen LogP contribution in [0.1, 0.15) is 28.1 Å². The molecule has 31 heavy (non-hydrogen) atoms. The Bertz CT molecular complexity index is 1250. The normalized spacial score (nSPS) is 15.4. The molecule has 3 aromatic rings. The zero-order valence-corrected chi connectivity index (χ0v) is 20.4. The third-order valence-electron chi connectivity index (χ3n) is 5.32. The molecule has 2 aromatic carbocycles. The summed E-state index contributed by atoms with van der Waals surface area (Å²) in [5, 5.41) is 0.257. The van der Waals surface area contributed by atoms with Crippen LogP contribution in [0.25, 0.3) is 11.8 Å². The number of nitrogens with zero attached hydrogens (tertiary/aromatic N) is 2. The van der Waals surface area contributed by atoms with Gasteiger partial charge in [-0.3, -0.25) is 14.5 Å². The predicted molar refractivity (Wildman–Crippen MR) is 131 cm³/mol. The molecule has 1 aromatic heterocycles. The molecule has 0 atom stereocenters. The van der Waals surface area contributed by atoms with Gasteiger partial charge in [-0.25, -0.2) is 0 Å². The Morgan fingerprint density at radius 1 is 1.06 bits per heavy atom. The van der Waals surface area contributed by atoms with Crippen molar-refractivity contribution in [2.24, 2.45) is 0 Å². The van der Waals surface area contributed by atoms with E-state index >= 15 is 0 Å². The molecule has 0 aliphatic carbocycles. The van der Waals surface area contributed by atoms with E-state index in [4.69, 9.17) is 11.6 Å². The van der Waals surface area contributed by atoms with Crippen molar-refractivity contribution in [3.63, 3.8) is 0 Å². The number of hydrogen-bond acceptors (Lipinski definition) is 3. The van der Waals surface area contributed by atoms with Gasteiger partial charge in [-0.05, 0) is 85.6 Å². The second kappa shape index (κ2) is 8.69. The Kier molecular flexibility index (Phi) is 6.15. The third kappa shape index (κ3) is 4.25. The number of carbonyl (C=O) groups excluding carboxylic acids is 2. The van der Waals surface area contributed by atoms with E-state index in [9.17, 15) is 9.59 Å². The van der Waals surface area contributed by atoms with E-state index in [-0.39, 0.29) is 17.7 Å². The number of aryl methyl sites for hydroxylation is 2. The average molecular weight is 516 g/mol. The van der Waals surface area contributed by atoms with Gasteiger partial charge in [0.15, 0.2) is 0 Å². The minimum absolute atomic E-state index is 0.166. The van der Waals surface area contributed by atoms with Gasteiger partial charge in [-0.2, -0.15) is 0 Å². The molecule has 1 saturated heterocycles. The summed E-state index contributed by atoms with van der Waals surface area (Å²) in [7, 11) is 0. The number of thioether (sulfide) groups is 1. The Hall–Kier alpha value is -2.28. The summed E-state index contributed by atoms with van der Waals surface area (Å²) >= 11 is 10.7. The number of amides is 2. The molecule has 1 fully saturated rings. The molecule has 158 valence electrons. The highest BCUT2D eigenvalue weighted by atomic mass is 79.9. The number of hydrogen-bond donors (Lipinski definition) is 0. The summed E-state index contributed by atoms with van der Waals surface area (Å²) in [5.74, 6) is -0.292. The molecule has 0 spiro atoms. The van der Waals surface area contributed by atoms with Crippen LogP contribution in [0.15, 0.2) is 57.9 Å². The van der Waals surface area contributed by atoms with Crippen molar-refractivity contribution in [1.29, 1.82) is 0 Å². The lowest BCUT2D eigenvalue weighted by Gasteiger charge is -2.13. The average Bonchev–Trinajstić information content (AvgIpc) is 3.15. The lowest BCUT2D eigenvalue weighted by Crippen LogP contribution is -2.27. The van der Waals surface area contributed by atoms with Crippen LogP contribution < -0.4 is 0 Å². The van der Waals surface area contributed by atoms with Crippen LogP contribution in [-0.2, 0) is 11.3 Å². The second-order valence-corrected chi connectivity index (χ2v) is 9.71. The van der Waals surface area contributed by atoms with Crippen LogP contribution in [0.3, 0.4) is 0 Å². The number of carbonyl (C=O) groups is 2. The van der Waals surface area contributed by atoms with Crippen molar-refractivity contribution in [2.75, 3.05) is 0 Å². The standard InChI is InChI=1S/C24H20BrClN2O2S/c1-14-10-19(8-9-20(14)25)28-15(2)11-18(16(28)3)12-22-23(29)27(24(30)31-22)13-17-6-4-5-7-21(17)26/h4-12H,13H2,1-3H3/b22-12-. The van der Waals surface area contributed by atoms with Crippen LogP contribution >= 0.6 is 39.3 Å². The summed E-state index contributed by atoms with van der Waals surface area (Å²) in [4.78, 5) is 27.1. The van der Waals surface area contributed by atoms with E-state index in [0.717, 1.165) is 50.0 Å². The molecule has 0 N–H and O–H groups in total. The Balaban J connectivity index is 1.65. The van der Waals surface area contributed by atoms with Crippen molar-refractivity contribution < 1.29 is 9.59 Å². The maximum absolute atomic E-state index is 13.0. The largest absolute Gasteiger partial charge is 0.318 e. The van der Waals surface area contributed by atoms with Crippen LogP contribution in [0, 0.1) is 20.8 Å². The van der Waals surface area contributed by atoms with Gasteiger partial charge in [0.25, 0.3) is 11.1 Å². The second-order valence-electron chi connectivity index (χ2n) is 7.45. The van der Waals surface area contributed by atoms with Gasteiger partial charge < -0.3 is 4.57 Å². The van der Waals surface area contributed by atoms with Gasteiger partial charge in [0.1, 0.15) is 0 Å². The van der Waals surface area contributed by atoms with Crippen molar-refractivity contribution in [3.05, 3.63) is 91.0 Å². The zero-order chi connectivity index (χ0) is 22.3. The zero-order valence-electron chi connectivity index (χ0n) is 17.3. The van der Waals surface area contributed by atoms with Gasteiger partial charge >= 0.3 is 0 Å². The number of imide groups is 1. The van der Waals surface area contributed by atoms with Gasteiger partial charge in [0, 0.05) is 26.6 Å². The fourth-order valence-electron chi connectivity index (χ4n) is 3.67. The highest BCUT2D eigenvalue weighted by Gasteiger charge is 2.35. The van der Waals surface area contributed by atoms with E-state index in [1.165, 1.54) is 4.90 Å². The van der Waals surface area contributed by atoms with Gasteiger partial charge in [0.2, 0.25) is 0 Å². The minimum Gasteiger partial charge on any atom is -0.318 e. The monoisotopic (exact) mass is 514 g/mol. The van der Waals surface area contributed by atoms with E-state index in [1.54, 1.807) is 6.07 Å². The van der Waals surface area contributed by atoms with E-state index in [1.807, 2.05) is 50.3 Å². The van der Waals surface area contributed by atoms with Crippen LogP contribution in [0.5, 0.6) is 0 Å². The lowest BCUT2D eigenvalue weighted by atomic mass is 10.2. The first-order valence-corrected chi connectivity index (χ1v) is 11.7. The third-order valence-corrected chi connectivity index (χ3v) is 7.48. The topological polar surface area (TPSA) is 42.3 Å². The van der Waals surface area contributed by atoms with Crippen molar-refractivity contribution in [2.45, 2.75) is 27.3 Å². The summed E-state index contributed by atoms with van der Waals surface area (Å²) in [5.41, 5.74) is 5.94. The highest BCUT2D eigenvalue weighted by molar-refractivity contribution is 9.10. The summed E-state index contributed by atoms with van der Waals surface area (Å²) < 4.78 is 3.21. The first-order valence-electron chi connectivity index (χ1n) is 9.70. The molecule has 1 aliphatic rings. The number of halogens is 2. The Morgan fingerprint density at radius 2 is 1.81 bits per heavy atom. The summed E-state index contributed by atoms with van der Waals surface area (Å²) in [6.45, 7) is 6.27. The molecule has 0 unspecified atom stereocenters. The molecular formula is C24H20BrClN2O2S. The Morgan fingerprint density at radius 3 is 2.52 bits per heavy atom. The first-order chi connectivity index (χ1) is 14.8. The molecule has 2 heterocycles. The molecule has 0 bridgehead atoms. The predicted octanol–water partition coefficient (Wildman–Crippen LogP) is 7.05. The van der Waals surface area contributed by atoms with Gasteiger partial charge in [-0.1, -0.05) is 45.7 Å². The fraction of sp³-hybridized carbons (Fsp3) is 0.167. The number of benzene rings is 2.